The van der Waals surface area contributed by atoms with E-state index in [-0.39, 0.29) is 29.3 Å². The second kappa shape index (κ2) is 9.64. The van der Waals surface area contributed by atoms with E-state index >= 15 is 0 Å². The van der Waals surface area contributed by atoms with Crippen molar-refractivity contribution in [2.24, 2.45) is 0 Å². The van der Waals surface area contributed by atoms with Gasteiger partial charge in [-0.2, -0.15) is 4.31 Å². The lowest BCUT2D eigenvalue weighted by Crippen LogP contribution is -2.40. The molecule has 0 amide bonds. The lowest BCUT2D eigenvalue weighted by molar-refractivity contribution is -0.142. The Morgan fingerprint density at radius 1 is 1.03 bits per heavy atom. The van der Waals surface area contributed by atoms with Gasteiger partial charge in [0.2, 0.25) is 10.0 Å². The van der Waals surface area contributed by atoms with E-state index in [2.05, 4.69) is 4.98 Å². The Hall–Kier alpha value is -3.01. The number of sulfonamides is 1. The van der Waals surface area contributed by atoms with Gasteiger partial charge in [0.05, 0.1) is 18.1 Å². The first kappa shape index (κ1) is 22.2. The molecule has 1 fully saturated rings. The highest BCUT2D eigenvalue weighted by atomic mass is 32.2. The van der Waals surface area contributed by atoms with E-state index in [4.69, 9.17) is 9.47 Å². The molecule has 0 atom stereocenters. The van der Waals surface area contributed by atoms with Gasteiger partial charge in [0.15, 0.2) is 12.4 Å². The number of aryl methyl sites for hydroxylation is 1. The van der Waals surface area contributed by atoms with Gasteiger partial charge < -0.3 is 14.5 Å². The number of hydrogen-bond donors (Lipinski definition) is 1. The Balaban J connectivity index is 1.29. The number of fused-ring (bicyclic) bond motifs is 1. The van der Waals surface area contributed by atoms with Crippen LogP contribution in [0.3, 0.4) is 0 Å². The van der Waals surface area contributed by atoms with E-state index < -0.39 is 16.0 Å². The van der Waals surface area contributed by atoms with Crippen molar-refractivity contribution in [3.05, 3.63) is 65.9 Å². The van der Waals surface area contributed by atoms with Gasteiger partial charge in [-0.3, -0.25) is 9.59 Å². The number of carbonyl (C=O) groups is 2. The third-order valence-electron chi connectivity index (χ3n) is 5.42. The predicted molar refractivity (Wildman–Crippen MR) is 118 cm³/mol. The zero-order chi connectivity index (χ0) is 22.6. The van der Waals surface area contributed by atoms with Crippen LogP contribution in [0.1, 0.15) is 22.3 Å². The molecule has 0 radical (unpaired) electrons. The summed E-state index contributed by atoms with van der Waals surface area (Å²) in [6, 6.07) is 13.5. The summed E-state index contributed by atoms with van der Waals surface area (Å²) in [5, 5.41) is 1.06. The summed E-state index contributed by atoms with van der Waals surface area (Å²) in [5.41, 5.74) is 2.31. The van der Waals surface area contributed by atoms with Gasteiger partial charge in [-0.25, -0.2) is 8.42 Å². The number of aromatic amines is 1. The second-order valence-electron chi connectivity index (χ2n) is 7.48. The smallest absolute Gasteiger partial charge is 0.306 e. The van der Waals surface area contributed by atoms with Crippen LogP contribution in [0, 0.1) is 0 Å². The topological polar surface area (TPSA) is 106 Å². The molecule has 0 unspecified atom stereocenters. The van der Waals surface area contributed by atoms with Gasteiger partial charge in [0.1, 0.15) is 0 Å². The Kier molecular flexibility index (Phi) is 6.69. The van der Waals surface area contributed by atoms with Crippen LogP contribution in [0.15, 0.2) is 59.6 Å². The molecule has 0 spiro atoms. The number of aromatic nitrogens is 1. The highest BCUT2D eigenvalue weighted by molar-refractivity contribution is 7.89. The van der Waals surface area contributed by atoms with Crippen LogP contribution in [-0.2, 0) is 30.7 Å². The van der Waals surface area contributed by atoms with E-state index in [1.165, 1.54) is 28.6 Å². The molecule has 2 heterocycles. The zero-order valence-electron chi connectivity index (χ0n) is 17.5. The number of carbonyl (C=O) groups excluding carboxylic acids is 2. The summed E-state index contributed by atoms with van der Waals surface area (Å²) < 4.78 is 37.0. The van der Waals surface area contributed by atoms with Crippen molar-refractivity contribution in [1.82, 2.24) is 9.29 Å². The minimum atomic E-state index is -3.62. The number of morpholine rings is 1. The number of H-pyrrole nitrogens is 1. The summed E-state index contributed by atoms with van der Waals surface area (Å²) in [7, 11) is -3.62. The number of esters is 1. The minimum Gasteiger partial charge on any atom is -0.457 e. The fraction of sp³-hybridized carbons (Fsp3) is 0.304. The molecule has 2 aromatic carbocycles. The average molecular weight is 457 g/mol. The summed E-state index contributed by atoms with van der Waals surface area (Å²) in [6.07, 6.45) is 2.53. The maximum absolute atomic E-state index is 12.6. The van der Waals surface area contributed by atoms with Crippen molar-refractivity contribution >= 4 is 32.7 Å². The molecule has 4 rings (SSSR count). The molecule has 1 aliphatic rings. The van der Waals surface area contributed by atoms with Gasteiger partial charge in [0.25, 0.3) is 0 Å². The van der Waals surface area contributed by atoms with Crippen LogP contribution in [-0.4, -0.2) is 62.4 Å². The first-order valence-electron chi connectivity index (χ1n) is 10.4. The maximum Gasteiger partial charge on any atom is 0.306 e. The first-order chi connectivity index (χ1) is 15.4. The monoisotopic (exact) mass is 456 g/mol. The highest BCUT2D eigenvalue weighted by Crippen LogP contribution is 2.20. The van der Waals surface area contributed by atoms with E-state index in [0.717, 1.165) is 16.5 Å². The number of ketones is 1. The SMILES string of the molecule is O=C(CCc1c[nH]c2ccccc12)OCC(=O)c1ccc(S(=O)(=O)N2CCOCC2)cc1. The second-order valence-corrected chi connectivity index (χ2v) is 9.42. The van der Waals surface area contributed by atoms with Crippen LogP contribution >= 0.6 is 0 Å². The normalized spacial score (nSPS) is 15.0. The van der Waals surface area contributed by atoms with E-state index in [9.17, 15) is 18.0 Å². The molecule has 1 aliphatic heterocycles. The Morgan fingerprint density at radius 3 is 2.50 bits per heavy atom. The molecule has 0 bridgehead atoms. The maximum atomic E-state index is 12.6. The Morgan fingerprint density at radius 2 is 1.75 bits per heavy atom. The van der Waals surface area contributed by atoms with E-state index in [1.807, 2.05) is 30.5 Å². The molecular formula is C23H24N2O6S. The standard InChI is InChI=1S/C23H24N2O6S/c26-22(16-31-23(27)10-7-18-15-24-21-4-2-1-3-20(18)21)17-5-8-19(9-6-17)32(28,29)25-11-13-30-14-12-25/h1-6,8-9,15,24H,7,10-14,16H2. The third kappa shape index (κ3) is 4.90. The van der Waals surface area contributed by atoms with Crippen LogP contribution < -0.4 is 0 Å². The molecular weight excluding hydrogens is 432 g/mol. The molecule has 168 valence electrons. The van der Waals surface area contributed by atoms with Crippen molar-refractivity contribution in [1.29, 1.82) is 0 Å². The van der Waals surface area contributed by atoms with Crippen LogP contribution in [0.2, 0.25) is 0 Å². The van der Waals surface area contributed by atoms with Crippen LogP contribution in [0.4, 0.5) is 0 Å². The van der Waals surface area contributed by atoms with Gasteiger partial charge in [-0.05, 0) is 42.3 Å². The van der Waals surface area contributed by atoms with Gasteiger partial charge in [-0.1, -0.05) is 18.2 Å². The lowest BCUT2D eigenvalue weighted by atomic mass is 10.1. The molecule has 32 heavy (non-hydrogen) atoms. The van der Waals surface area contributed by atoms with Gasteiger partial charge >= 0.3 is 5.97 Å². The minimum absolute atomic E-state index is 0.117. The van der Waals surface area contributed by atoms with Crippen LogP contribution in [0.25, 0.3) is 10.9 Å². The number of hydrogen-bond acceptors (Lipinski definition) is 6. The van der Waals surface area contributed by atoms with Crippen molar-refractivity contribution in [3.8, 4) is 0 Å². The molecule has 1 saturated heterocycles. The molecule has 1 N–H and O–H groups in total. The average Bonchev–Trinajstić information content (AvgIpc) is 3.25. The summed E-state index contributed by atoms with van der Waals surface area (Å²) in [5.74, 6) is -0.851. The predicted octanol–water partition coefficient (Wildman–Crippen LogP) is 2.55. The van der Waals surface area contributed by atoms with Gasteiger partial charge in [0, 0.05) is 42.2 Å². The third-order valence-corrected chi connectivity index (χ3v) is 7.33. The first-order valence-corrected chi connectivity index (χ1v) is 11.8. The number of ether oxygens (including phenoxy) is 2. The number of benzene rings is 2. The molecule has 0 aliphatic carbocycles. The van der Waals surface area contributed by atoms with Crippen LogP contribution in [0.5, 0.6) is 0 Å². The largest absolute Gasteiger partial charge is 0.457 e. The van der Waals surface area contributed by atoms with Crippen molar-refractivity contribution in [2.75, 3.05) is 32.9 Å². The number of Topliss-reactive ketones (excluding diaryl/α,β-unsaturated/α-hetero) is 1. The number of nitrogens with one attached hydrogen (secondary N) is 1. The molecule has 1 aromatic heterocycles. The number of nitrogens with zero attached hydrogens (tertiary/aromatic N) is 1. The Bertz CT molecular complexity index is 1210. The highest BCUT2D eigenvalue weighted by Gasteiger charge is 2.26. The molecule has 9 heteroatoms. The van der Waals surface area contributed by atoms with Gasteiger partial charge in [-0.15, -0.1) is 0 Å². The fourth-order valence-corrected chi connectivity index (χ4v) is 5.03. The number of para-hydroxylation sites is 1. The zero-order valence-corrected chi connectivity index (χ0v) is 18.3. The summed E-state index contributed by atoms with van der Waals surface area (Å²) in [6.45, 7) is 0.945. The molecule has 0 saturated carbocycles. The summed E-state index contributed by atoms with van der Waals surface area (Å²) >= 11 is 0. The van der Waals surface area contributed by atoms with Crippen molar-refractivity contribution < 1.29 is 27.5 Å². The van der Waals surface area contributed by atoms with Crippen molar-refractivity contribution in [3.63, 3.8) is 0 Å². The number of rotatable bonds is 8. The Labute approximate surface area is 186 Å². The summed E-state index contributed by atoms with van der Waals surface area (Å²) in [4.78, 5) is 27.7. The molecule has 8 nitrogen and oxygen atoms in total. The molecule has 3 aromatic rings. The lowest BCUT2D eigenvalue weighted by Gasteiger charge is -2.26. The van der Waals surface area contributed by atoms with Crippen molar-refractivity contribution in [2.45, 2.75) is 17.7 Å². The fourth-order valence-electron chi connectivity index (χ4n) is 3.63. The quantitative estimate of drug-likeness (QED) is 0.413. The van der Waals surface area contributed by atoms with E-state index in [1.54, 1.807) is 0 Å². The van der Waals surface area contributed by atoms with E-state index in [0.29, 0.717) is 32.7 Å².